The number of hydrogen-bond acceptors (Lipinski definition) is 4. The summed E-state index contributed by atoms with van der Waals surface area (Å²) >= 11 is 0. The summed E-state index contributed by atoms with van der Waals surface area (Å²) in [7, 11) is 0. The minimum atomic E-state index is -0.130. The number of anilines is 2. The standard InChI is InChI=1S/C17H20N4/c18-19-17-14-20(15-8-3-1-4-9-15)12-7-13-21(17)16-10-5-2-6-11-16/h1-6,8-11,17-18H,7,12-14H2. The molecule has 4 heteroatoms. The van der Waals surface area contributed by atoms with Gasteiger partial charge in [-0.2, -0.15) is 5.11 Å². The average molecular weight is 280 g/mol. The number of rotatable bonds is 3. The molecule has 1 N–H and O–H groups in total. The molecule has 0 spiro atoms. The summed E-state index contributed by atoms with van der Waals surface area (Å²) in [5.41, 5.74) is 9.94. The third-order valence-electron chi connectivity index (χ3n) is 3.93. The van der Waals surface area contributed by atoms with E-state index in [2.05, 4.69) is 51.3 Å². The van der Waals surface area contributed by atoms with Crippen molar-refractivity contribution in [3.8, 4) is 0 Å². The summed E-state index contributed by atoms with van der Waals surface area (Å²) in [5, 5.41) is 3.88. The van der Waals surface area contributed by atoms with Gasteiger partial charge in [0.05, 0.1) is 6.54 Å². The Balaban J connectivity index is 1.83. The fourth-order valence-electron chi connectivity index (χ4n) is 2.87. The average Bonchev–Trinajstić information content (AvgIpc) is 2.79. The zero-order valence-electron chi connectivity index (χ0n) is 12.0. The van der Waals surface area contributed by atoms with Crippen molar-refractivity contribution < 1.29 is 0 Å². The molecule has 108 valence electrons. The van der Waals surface area contributed by atoms with Crippen LogP contribution in [-0.4, -0.2) is 25.8 Å². The molecule has 2 aromatic rings. The van der Waals surface area contributed by atoms with Gasteiger partial charge in [0, 0.05) is 24.5 Å². The number of nitrogens with zero attached hydrogens (tertiary/aromatic N) is 3. The van der Waals surface area contributed by atoms with Crippen LogP contribution in [0.4, 0.5) is 11.4 Å². The second-order valence-electron chi connectivity index (χ2n) is 5.27. The molecule has 1 atom stereocenters. The third kappa shape index (κ3) is 3.05. The van der Waals surface area contributed by atoms with Gasteiger partial charge in [-0.25, -0.2) is 5.53 Å². The molecule has 1 saturated heterocycles. The minimum absolute atomic E-state index is 0.130. The van der Waals surface area contributed by atoms with Gasteiger partial charge in [0.25, 0.3) is 0 Å². The lowest BCUT2D eigenvalue weighted by molar-refractivity contribution is 0.600. The van der Waals surface area contributed by atoms with E-state index in [1.165, 1.54) is 5.69 Å². The first-order valence-corrected chi connectivity index (χ1v) is 7.37. The van der Waals surface area contributed by atoms with Crippen molar-refractivity contribution in [2.24, 2.45) is 5.11 Å². The summed E-state index contributed by atoms with van der Waals surface area (Å²) in [5.74, 6) is 0. The van der Waals surface area contributed by atoms with E-state index in [9.17, 15) is 0 Å². The Hall–Kier alpha value is -2.36. The minimum Gasteiger partial charge on any atom is -0.367 e. The van der Waals surface area contributed by atoms with Gasteiger partial charge in [0.1, 0.15) is 0 Å². The smallest absolute Gasteiger partial charge is 0.159 e. The molecule has 0 radical (unpaired) electrons. The molecule has 0 amide bonds. The van der Waals surface area contributed by atoms with E-state index in [4.69, 9.17) is 5.53 Å². The molecule has 1 heterocycles. The van der Waals surface area contributed by atoms with Gasteiger partial charge in [-0.15, -0.1) is 0 Å². The predicted octanol–water partition coefficient (Wildman–Crippen LogP) is 3.76. The molecule has 0 aliphatic carbocycles. The van der Waals surface area contributed by atoms with Gasteiger partial charge in [-0.1, -0.05) is 36.4 Å². The van der Waals surface area contributed by atoms with Crippen LogP contribution in [0, 0.1) is 5.53 Å². The van der Waals surface area contributed by atoms with Crippen LogP contribution < -0.4 is 9.80 Å². The second kappa shape index (κ2) is 6.39. The Bertz CT molecular complexity index is 570. The Morgan fingerprint density at radius 1 is 0.857 bits per heavy atom. The van der Waals surface area contributed by atoms with Crippen molar-refractivity contribution in [1.29, 1.82) is 5.53 Å². The third-order valence-corrected chi connectivity index (χ3v) is 3.93. The first-order valence-electron chi connectivity index (χ1n) is 7.37. The van der Waals surface area contributed by atoms with Gasteiger partial charge in [-0.05, 0) is 30.7 Å². The Kier molecular flexibility index (Phi) is 4.15. The fraction of sp³-hybridized carbons (Fsp3) is 0.294. The number of para-hydroxylation sites is 2. The highest BCUT2D eigenvalue weighted by Crippen LogP contribution is 2.23. The molecule has 2 aromatic carbocycles. The summed E-state index contributed by atoms with van der Waals surface area (Å²) in [4.78, 5) is 4.56. The number of nitrogens with one attached hydrogen (secondary N) is 1. The molecule has 0 saturated carbocycles. The zero-order chi connectivity index (χ0) is 14.5. The molecule has 1 aliphatic rings. The number of hydrogen-bond donors (Lipinski definition) is 1. The highest BCUT2D eigenvalue weighted by molar-refractivity contribution is 5.50. The number of benzene rings is 2. The monoisotopic (exact) mass is 280 g/mol. The van der Waals surface area contributed by atoms with Crippen LogP contribution in [0.15, 0.2) is 65.8 Å². The van der Waals surface area contributed by atoms with Crippen LogP contribution in [0.2, 0.25) is 0 Å². The SMILES string of the molecule is N=NC1CN(c2ccccc2)CCCN1c1ccccc1. The van der Waals surface area contributed by atoms with Gasteiger partial charge in [-0.3, -0.25) is 0 Å². The highest BCUT2D eigenvalue weighted by Gasteiger charge is 2.24. The first-order chi connectivity index (χ1) is 10.4. The van der Waals surface area contributed by atoms with Crippen LogP contribution in [0.1, 0.15) is 6.42 Å². The van der Waals surface area contributed by atoms with Crippen molar-refractivity contribution in [2.45, 2.75) is 12.6 Å². The predicted molar refractivity (Wildman–Crippen MR) is 86.0 cm³/mol. The molecule has 1 fully saturated rings. The molecule has 21 heavy (non-hydrogen) atoms. The second-order valence-corrected chi connectivity index (χ2v) is 5.27. The topological polar surface area (TPSA) is 42.7 Å². The van der Waals surface area contributed by atoms with Crippen LogP contribution in [0.25, 0.3) is 0 Å². The van der Waals surface area contributed by atoms with Crippen LogP contribution >= 0.6 is 0 Å². The van der Waals surface area contributed by atoms with Crippen molar-refractivity contribution >= 4 is 11.4 Å². The van der Waals surface area contributed by atoms with Gasteiger partial charge < -0.3 is 9.80 Å². The van der Waals surface area contributed by atoms with Crippen molar-refractivity contribution in [2.75, 3.05) is 29.4 Å². The van der Waals surface area contributed by atoms with Crippen molar-refractivity contribution in [1.82, 2.24) is 0 Å². The van der Waals surface area contributed by atoms with E-state index in [1.807, 2.05) is 24.3 Å². The molecule has 4 nitrogen and oxygen atoms in total. The molecular formula is C17H20N4. The van der Waals surface area contributed by atoms with E-state index < -0.39 is 0 Å². The van der Waals surface area contributed by atoms with E-state index in [0.717, 1.165) is 31.7 Å². The molecule has 1 aliphatic heterocycles. The lowest BCUT2D eigenvalue weighted by Crippen LogP contribution is -2.39. The van der Waals surface area contributed by atoms with E-state index >= 15 is 0 Å². The van der Waals surface area contributed by atoms with Crippen molar-refractivity contribution in [3.05, 3.63) is 60.7 Å². The zero-order valence-corrected chi connectivity index (χ0v) is 12.0. The summed E-state index contributed by atoms with van der Waals surface area (Å²) in [6.07, 6.45) is 0.936. The van der Waals surface area contributed by atoms with Gasteiger partial charge in [0.2, 0.25) is 0 Å². The highest BCUT2D eigenvalue weighted by atomic mass is 15.3. The van der Waals surface area contributed by atoms with Crippen LogP contribution in [-0.2, 0) is 0 Å². The molecule has 0 bridgehead atoms. The lowest BCUT2D eigenvalue weighted by Gasteiger charge is -2.30. The maximum absolute atomic E-state index is 7.58. The van der Waals surface area contributed by atoms with E-state index in [0.29, 0.717) is 0 Å². The largest absolute Gasteiger partial charge is 0.367 e. The van der Waals surface area contributed by atoms with E-state index in [1.54, 1.807) is 0 Å². The molecular weight excluding hydrogens is 260 g/mol. The maximum atomic E-state index is 7.58. The molecule has 3 rings (SSSR count). The van der Waals surface area contributed by atoms with Crippen LogP contribution in [0.5, 0.6) is 0 Å². The molecule has 1 unspecified atom stereocenters. The quantitative estimate of drug-likeness (QED) is 0.870. The Labute approximate surface area is 125 Å². The Morgan fingerprint density at radius 2 is 1.48 bits per heavy atom. The summed E-state index contributed by atoms with van der Waals surface area (Å²) in [6.45, 7) is 2.68. The Morgan fingerprint density at radius 3 is 2.10 bits per heavy atom. The van der Waals surface area contributed by atoms with Crippen molar-refractivity contribution in [3.63, 3.8) is 0 Å². The summed E-state index contributed by atoms with van der Waals surface area (Å²) < 4.78 is 0. The van der Waals surface area contributed by atoms with Crippen LogP contribution in [0.3, 0.4) is 0 Å². The van der Waals surface area contributed by atoms with E-state index in [-0.39, 0.29) is 6.17 Å². The normalized spacial score (nSPS) is 19.1. The maximum Gasteiger partial charge on any atom is 0.159 e. The first kappa shape index (κ1) is 13.6. The lowest BCUT2D eigenvalue weighted by atomic mass is 10.2. The van der Waals surface area contributed by atoms with Gasteiger partial charge in [0.15, 0.2) is 6.17 Å². The van der Waals surface area contributed by atoms with Gasteiger partial charge >= 0.3 is 0 Å². The molecule has 0 aromatic heterocycles. The fourth-order valence-corrected chi connectivity index (χ4v) is 2.87. The summed E-state index contributed by atoms with van der Waals surface area (Å²) in [6, 6.07) is 20.7.